The fraction of sp³-hybridized carbons (Fsp3) is 0.846. The van der Waals surface area contributed by atoms with E-state index in [1.807, 2.05) is 13.8 Å². The monoisotopic (exact) mass is 290 g/mol. The molecule has 0 saturated heterocycles. The van der Waals surface area contributed by atoms with Gasteiger partial charge in [-0.25, -0.2) is 0 Å². The number of hydrogen-bond acceptors (Lipinski definition) is 2. The molecule has 0 aromatic carbocycles. The van der Waals surface area contributed by atoms with Gasteiger partial charge in [0.15, 0.2) is 0 Å². The van der Waals surface area contributed by atoms with Crippen LogP contribution in [0.3, 0.4) is 0 Å². The predicted molar refractivity (Wildman–Crippen MR) is 69.7 cm³/mol. The fourth-order valence-electron chi connectivity index (χ4n) is 1.42. The van der Waals surface area contributed by atoms with Crippen LogP contribution >= 0.6 is 0 Å². The minimum absolute atomic E-state index is 0. The Kier molecular flexibility index (Phi) is 20.1. The quantitative estimate of drug-likeness (QED) is 0.740. The Bertz CT molecular complexity index is 214. The maximum atomic E-state index is 3.82. The molecular weight excluding hydrogens is 264 g/mol. The van der Waals surface area contributed by atoms with Crippen LogP contribution in [0, 0.1) is 87.3 Å². The van der Waals surface area contributed by atoms with Gasteiger partial charge in [0.25, 0.3) is 0 Å². The summed E-state index contributed by atoms with van der Waals surface area (Å²) >= 11 is 0. The van der Waals surface area contributed by atoms with Gasteiger partial charge in [0.05, 0.1) is 0 Å². The summed E-state index contributed by atoms with van der Waals surface area (Å²) in [6.45, 7) is 13.1. The second-order valence-corrected chi connectivity index (χ2v) is 4.62. The van der Waals surface area contributed by atoms with Gasteiger partial charge in [-0.1, -0.05) is 40.5 Å². The molecule has 0 spiro atoms. The Morgan fingerprint density at radius 1 is 0.882 bits per heavy atom. The van der Waals surface area contributed by atoms with E-state index in [-0.39, 0.29) is 75.5 Å². The second kappa shape index (κ2) is 14.3. The van der Waals surface area contributed by atoms with Gasteiger partial charge in [-0.3, -0.25) is 0 Å². The number of nitrogens with zero attached hydrogens (tertiary/aromatic N) is 2. The van der Waals surface area contributed by atoms with Crippen molar-refractivity contribution in [3.8, 4) is 0 Å². The van der Waals surface area contributed by atoms with Crippen molar-refractivity contribution in [3.05, 3.63) is 0 Å². The molecule has 4 heteroatoms. The van der Waals surface area contributed by atoms with Crippen LogP contribution in [0.15, 0.2) is 10.2 Å². The first-order valence-electron chi connectivity index (χ1n) is 6.07. The van der Waals surface area contributed by atoms with E-state index < -0.39 is 0 Å². The zero-order valence-corrected chi connectivity index (χ0v) is 13.3. The standard InChI is InChI=1S/C8H18.C5H8N2.2Ar/c1-5-7(3)8(4)6-2;1-4-3-5(2)7-6-4;;/h7-8H,5-6H2,1-4H3;3H2,1-2H3;;. The first kappa shape index (κ1) is 23.9. The van der Waals surface area contributed by atoms with Crippen LogP contribution in [0.25, 0.3) is 0 Å². The van der Waals surface area contributed by atoms with Crippen molar-refractivity contribution >= 4 is 11.4 Å². The van der Waals surface area contributed by atoms with Crippen molar-refractivity contribution in [2.24, 2.45) is 22.0 Å². The molecule has 1 aliphatic heterocycles. The van der Waals surface area contributed by atoms with Crippen molar-refractivity contribution in [2.75, 3.05) is 0 Å². The molecule has 0 fully saturated rings. The molecule has 0 aromatic heterocycles. The molecule has 0 N–H and O–H groups in total. The Labute approximate surface area is 167 Å². The zero-order valence-electron chi connectivity index (χ0n) is 11.9. The molecule has 1 rings (SSSR count). The molecule has 0 bridgehead atoms. The average molecular weight is 290 g/mol. The molecule has 2 nitrogen and oxygen atoms in total. The summed E-state index contributed by atoms with van der Waals surface area (Å²) in [6, 6.07) is 0. The van der Waals surface area contributed by atoms with E-state index in [2.05, 4.69) is 37.9 Å². The third-order valence-electron chi connectivity index (χ3n) is 3.16. The average Bonchev–Trinajstić information content (AvgIpc) is 2.61. The molecule has 1 heterocycles. The maximum Gasteiger partial charge on any atom is 0.0431 e. The van der Waals surface area contributed by atoms with Gasteiger partial charge in [-0.15, -0.1) is 0 Å². The minimum atomic E-state index is 0. The molecule has 0 saturated carbocycles. The zero-order chi connectivity index (χ0) is 11.8. The van der Waals surface area contributed by atoms with Crippen LogP contribution in [0.5, 0.6) is 0 Å². The SMILES string of the molecule is CC1=NN=C(C)C1.CCC(C)C(C)CC.[Ar].[Ar]. The minimum Gasteiger partial charge on any atom is -0.160 e. The summed E-state index contributed by atoms with van der Waals surface area (Å²) in [6.07, 6.45) is 3.63. The molecule has 1 aliphatic rings. The van der Waals surface area contributed by atoms with Gasteiger partial charge < -0.3 is 0 Å². The Balaban J connectivity index is -0.000000207. The topological polar surface area (TPSA) is 24.7 Å². The van der Waals surface area contributed by atoms with E-state index >= 15 is 0 Å². The van der Waals surface area contributed by atoms with Gasteiger partial charge in [0.1, 0.15) is 0 Å². The van der Waals surface area contributed by atoms with Crippen LogP contribution in [0.1, 0.15) is 60.8 Å². The normalized spacial score (nSPS) is 16.4. The van der Waals surface area contributed by atoms with Crippen molar-refractivity contribution in [3.63, 3.8) is 0 Å². The summed E-state index contributed by atoms with van der Waals surface area (Å²) in [7, 11) is 0. The van der Waals surface area contributed by atoms with Crippen molar-refractivity contribution in [1.82, 2.24) is 0 Å². The Morgan fingerprint density at radius 3 is 1.29 bits per heavy atom. The van der Waals surface area contributed by atoms with E-state index in [9.17, 15) is 0 Å². The molecule has 0 radical (unpaired) electrons. The van der Waals surface area contributed by atoms with Crippen molar-refractivity contribution in [1.29, 1.82) is 0 Å². The largest absolute Gasteiger partial charge is 0.160 e. The van der Waals surface area contributed by atoms with Crippen LogP contribution in [-0.4, -0.2) is 11.4 Å². The summed E-state index contributed by atoms with van der Waals surface area (Å²) in [4.78, 5) is 0. The third-order valence-corrected chi connectivity index (χ3v) is 3.16. The first-order chi connectivity index (χ1) is 7.01. The fourth-order valence-corrected chi connectivity index (χ4v) is 1.42. The van der Waals surface area contributed by atoms with Gasteiger partial charge in [0.2, 0.25) is 0 Å². The Morgan fingerprint density at radius 2 is 1.18 bits per heavy atom. The summed E-state index contributed by atoms with van der Waals surface area (Å²) in [5.41, 5.74) is 2.25. The van der Waals surface area contributed by atoms with Crippen molar-refractivity contribution in [2.45, 2.75) is 60.8 Å². The van der Waals surface area contributed by atoms with E-state index in [4.69, 9.17) is 0 Å². The van der Waals surface area contributed by atoms with Gasteiger partial charge in [-0.2, -0.15) is 10.2 Å². The van der Waals surface area contributed by atoms with Crippen molar-refractivity contribution < 1.29 is 75.5 Å². The molecule has 0 amide bonds. The van der Waals surface area contributed by atoms with Gasteiger partial charge >= 0.3 is 0 Å². The smallest absolute Gasteiger partial charge is 0.0431 e. The van der Waals surface area contributed by atoms with Crippen LogP contribution in [0.2, 0.25) is 0 Å². The van der Waals surface area contributed by atoms with Crippen LogP contribution < -0.4 is 0 Å². The summed E-state index contributed by atoms with van der Waals surface area (Å²) in [5.74, 6) is 1.83. The second-order valence-electron chi connectivity index (χ2n) is 4.62. The number of rotatable bonds is 3. The van der Waals surface area contributed by atoms with E-state index in [0.29, 0.717) is 0 Å². The number of hydrogen-bond donors (Lipinski definition) is 0. The predicted octanol–water partition coefficient (Wildman–Crippen LogP) is 4.31. The first-order valence-corrected chi connectivity index (χ1v) is 6.07. The summed E-state index contributed by atoms with van der Waals surface area (Å²) in [5, 5.41) is 7.64. The Hall–Kier alpha value is 1.86. The molecule has 0 aromatic rings. The maximum absolute atomic E-state index is 3.82. The van der Waals surface area contributed by atoms with Crippen LogP contribution in [-0.2, 0) is 0 Å². The van der Waals surface area contributed by atoms with E-state index in [1.54, 1.807) is 0 Å². The molecule has 17 heavy (non-hydrogen) atoms. The molecule has 104 valence electrons. The molecular formula is C13H26Ar2N2. The summed E-state index contributed by atoms with van der Waals surface area (Å²) < 4.78 is 0. The molecule has 2 atom stereocenters. The van der Waals surface area contributed by atoms with Gasteiger partial charge in [-0.05, 0) is 25.7 Å². The van der Waals surface area contributed by atoms with E-state index in [1.165, 1.54) is 12.8 Å². The molecule has 2 unspecified atom stereocenters. The van der Waals surface area contributed by atoms with Gasteiger partial charge in [0, 0.05) is 93.3 Å². The third kappa shape index (κ3) is 12.6. The van der Waals surface area contributed by atoms with Crippen LogP contribution in [0.4, 0.5) is 0 Å². The molecule has 0 aliphatic carbocycles. The van der Waals surface area contributed by atoms with E-state index in [0.717, 1.165) is 29.7 Å².